The van der Waals surface area contributed by atoms with Crippen molar-refractivity contribution in [2.45, 2.75) is 33.1 Å². The Morgan fingerprint density at radius 2 is 2.15 bits per heavy atom. The molecule has 1 amide bonds. The van der Waals surface area contributed by atoms with Crippen molar-refractivity contribution in [3.63, 3.8) is 0 Å². The number of carbonyl (C=O) groups is 1. The summed E-state index contributed by atoms with van der Waals surface area (Å²) >= 11 is 0. The third-order valence-electron chi connectivity index (χ3n) is 2.24. The van der Waals surface area contributed by atoms with Crippen LogP contribution in [-0.4, -0.2) is 30.9 Å². The summed E-state index contributed by atoms with van der Waals surface area (Å²) in [7, 11) is 1.86. The summed E-state index contributed by atoms with van der Waals surface area (Å²) in [6.45, 7) is 5.68. The SMILES string of the molecule is CCCN(C)C(=O)CCC(C)CN. The van der Waals surface area contributed by atoms with Gasteiger partial charge in [0.2, 0.25) is 5.91 Å². The fourth-order valence-electron chi connectivity index (χ4n) is 1.14. The molecule has 0 aliphatic heterocycles. The van der Waals surface area contributed by atoms with E-state index in [1.54, 1.807) is 4.90 Å². The van der Waals surface area contributed by atoms with Gasteiger partial charge in [-0.15, -0.1) is 0 Å². The molecule has 13 heavy (non-hydrogen) atoms. The summed E-state index contributed by atoms with van der Waals surface area (Å²) in [6, 6.07) is 0. The first-order chi connectivity index (χ1) is 6.11. The van der Waals surface area contributed by atoms with Gasteiger partial charge >= 0.3 is 0 Å². The second-order valence-electron chi connectivity index (χ2n) is 3.69. The Hall–Kier alpha value is -0.570. The van der Waals surface area contributed by atoms with Crippen LogP contribution in [0.3, 0.4) is 0 Å². The van der Waals surface area contributed by atoms with Gasteiger partial charge in [-0.05, 0) is 25.3 Å². The molecule has 78 valence electrons. The Balaban J connectivity index is 3.61. The van der Waals surface area contributed by atoms with Crippen molar-refractivity contribution in [2.24, 2.45) is 11.7 Å². The molecule has 0 bridgehead atoms. The number of nitrogens with zero attached hydrogens (tertiary/aromatic N) is 1. The molecule has 0 rings (SSSR count). The smallest absolute Gasteiger partial charge is 0.222 e. The first-order valence-electron chi connectivity index (χ1n) is 5.05. The van der Waals surface area contributed by atoms with Crippen molar-refractivity contribution < 1.29 is 4.79 Å². The van der Waals surface area contributed by atoms with Crippen LogP contribution in [0.1, 0.15) is 33.1 Å². The molecule has 0 aliphatic rings. The van der Waals surface area contributed by atoms with Crippen LogP contribution in [-0.2, 0) is 4.79 Å². The van der Waals surface area contributed by atoms with Crippen molar-refractivity contribution in [2.75, 3.05) is 20.1 Å². The van der Waals surface area contributed by atoms with Crippen LogP contribution in [0.2, 0.25) is 0 Å². The molecule has 1 unspecified atom stereocenters. The molecule has 0 heterocycles. The second kappa shape index (κ2) is 6.89. The Bertz CT molecular complexity index is 148. The lowest BCUT2D eigenvalue weighted by molar-refractivity contribution is -0.130. The van der Waals surface area contributed by atoms with Gasteiger partial charge in [-0.25, -0.2) is 0 Å². The number of hydrogen-bond donors (Lipinski definition) is 1. The standard InChI is InChI=1S/C10H22N2O/c1-4-7-12(3)10(13)6-5-9(2)8-11/h9H,4-8,11H2,1-3H3. The molecule has 3 heteroatoms. The molecule has 2 N–H and O–H groups in total. The predicted molar refractivity (Wildman–Crippen MR) is 55.4 cm³/mol. The van der Waals surface area contributed by atoms with Crippen LogP contribution in [0.5, 0.6) is 0 Å². The zero-order chi connectivity index (χ0) is 10.3. The van der Waals surface area contributed by atoms with E-state index in [-0.39, 0.29) is 5.91 Å². The van der Waals surface area contributed by atoms with E-state index < -0.39 is 0 Å². The van der Waals surface area contributed by atoms with Crippen LogP contribution in [0, 0.1) is 5.92 Å². The van der Waals surface area contributed by atoms with Gasteiger partial charge in [0.1, 0.15) is 0 Å². The molecule has 0 aromatic heterocycles. The average Bonchev–Trinajstić information content (AvgIpc) is 2.13. The minimum Gasteiger partial charge on any atom is -0.346 e. The number of amides is 1. The van der Waals surface area contributed by atoms with Crippen LogP contribution >= 0.6 is 0 Å². The largest absolute Gasteiger partial charge is 0.346 e. The van der Waals surface area contributed by atoms with Gasteiger partial charge in [0, 0.05) is 20.0 Å². The van der Waals surface area contributed by atoms with Gasteiger partial charge in [0.25, 0.3) is 0 Å². The fourth-order valence-corrected chi connectivity index (χ4v) is 1.14. The molecule has 0 fully saturated rings. The van der Waals surface area contributed by atoms with E-state index in [4.69, 9.17) is 5.73 Å². The minimum atomic E-state index is 0.238. The van der Waals surface area contributed by atoms with E-state index in [1.165, 1.54) is 0 Å². The number of rotatable bonds is 6. The highest BCUT2D eigenvalue weighted by atomic mass is 16.2. The molecule has 0 spiro atoms. The van der Waals surface area contributed by atoms with Crippen LogP contribution in [0.4, 0.5) is 0 Å². The Morgan fingerprint density at radius 1 is 1.54 bits per heavy atom. The first-order valence-corrected chi connectivity index (χ1v) is 5.05. The van der Waals surface area contributed by atoms with E-state index in [0.717, 1.165) is 19.4 Å². The Morgan fingerprint density at radius 3 is 2.62 bits per heavy atom. The summed E-state index contributed by atoms with van der Waals surface area (Å²) in [4.78, 5) is 13.2. The highest BCUT2D eigenvalue weighted by molar-refractivity contribution is 5.75. The molecule has 0 saturated carbocycles. The molecular formula is C10H22N2O. The third-order valence-corrected chi connectivity index (χ3v) is 2.24. The van der Waals surface area contributed by atoms with Crippen molar-refractivity contribution in [3.05, 3.63) is 0 Å². The third kappa shape index (κ3) is 5.64. The fraction of sp³-hybridized carbons (Fsp3) is 0.900. The molecular weight excluding hydrogens is 164 g/mol. The van der Waals surface area contributed by atoms with Crippen molar-refractivity contribution in [1.82, 2.24) is 4.90 Å². The summed E-state index contributed by atoms with van der Waals surface area (Å²) in [6.07, 6.45) is 2.56. The number of nitrogens with two attached hydrogens (primary N) is 1. The Labute approximate surface area is 81.3 Å². The van der Waals surface area contributed by atoms with Crippen molar-refractivity contribution >= 4 is 5.91 Å². The maximum atomic E-state index is 11.4. The number of hydrogen-bond acceptors (Lipinski definition) is 2. The predicted octanol–water partition coefficient (Wildman–Crippen LogP) is 1.23. The topological polar surface area (TPSA) is 46.3 Å². The van der Waals surface area contributed by atoms with E-state index in [2.05, 4.69) is 13.8 Å². The lowest BCUT2D eigenvalue weighted by atomic mass is 10.1. The quantitative estimate of drug-likeness (QED) is 0.678. The monoisotopic (exact) mass is 186 g/mol. The van der Waals surface area contributed by atoms with Crippen LogP contribution in [0.15, 0.2) is 0 Å². The molecule has 1 atom stereocenters. The molecule has 3 nitrogen and oxygen atoms in total. The first kappa shape index (κ1) is 12.4. The lowest BCUT2D eigenvalue weighted by Crippen LogP contribution is -2.27. The normalized spacial score (nSPS) is 12.6. The minimum absolute atomic E-state index is 0.238. The van der Waals surface area contributed by atoms with E-state index in [1.807, 2.05) is 7.05 Å². The van der Waals surface area contributed by atoms with E-state index in [9.17, 15) is 4.79 Å². The lowest BCUT2D eigenvalue weighted by Gasteiger charge is -2.16. The van der Waals surface area contributed by atoms with Gasteiger partial charge in [-0.3, -0.25) is 4.79 Å². The maximum absolute atomic E-state index is 11.4. The zero-order valence-corrected chi connectivity index (χ0v) is 9.05. The van der Waals surface area contributed by atoms with Crippen LogP contribution < -0.4 is 5.73 Å². The highest BCUT2D eigenvalue weighted by Gasteiger charge is 2.08. The van der Waals surface area contributed by atoms with E-state index in [0.29, 0.717) is 18.9 Å². The molecule has 0 aromatic rings. The Kier molecular flexibility index (Phi) is 6.59. The number of carbonyl (C=O) groups excluding carboxylic acids is 1. The van der Waals surface area contributed by atoms with Gasteiger partial charge in [0.15, 0.2) is 0 Å². The summed E-state index contributed by atoms with van der Waals surface area (Å²) < 4.78 is 0. The van der Waals surface area contributed by atoms with Gasteiger partial charge in [-0.2, -0.15) is 0 Å². The average molecular weight is 186 g/mol. The molecule has 0 saturated heterocycles. The molecule has 0 radical (unpaired) electrons. The molecule has 0 aromatic carbocycles. The summed E-state index contributed by atoms with van der Waals surface area (Å²) in [5.41, 5.74) is 5.47. The van der Waals surface area contributed by atoms with Crippen molar-refractivity contribution in [1.29, 1.82) is 0 Å². The zero-order valence-electron chi connectivity index (χ0n) is 9.05. The van der Waals surface area contributed by atoms with Gasteiger partial charge < -0.3 is 10.6 Å². The van der Waals surface area contributed by atoms with Crippen molar-refractivity contribution in [3.8, 4) is 0 Å². The van der Waals surface area contributed by atoms with Gasteiger partial charge in [-0.1, -0.05) is 13.8 Å². The highest BCUT2D eigenvalue weighted by Crippen LogP contribution is 2.05. The van der Waals surface area contributed by atoms with E-state index >= 15 is 0 Å². The van der Waals surface area contributed by atoms with Crippen LogP contribution in [0.25, 0.3) is 0 Å². The molecule has 0 aliphatic carbocycles. The summed E-state index contributed by atoms with van der Waals surface area (Å²) in [5.74, 6) is 0.695. The maximum Gasteiger partial charge on any atom is 0.222 e. The summed E-state index contributed by atoms with van der Waals surface area (Å²) in [5, 5.41) is 0. The van der Waals surface area contributed by atoms with Gasteiger partial charge in [0.05, 0.1) is 0 Å². The second-order valence-corrected chi connectivity index (χ2v) is 3.69.